The van der Waals surface area contributed by atoms with Crippen LogP contribution in [0.3, 0.4) is 0 Å². The molecule has 4 heteroatoms. The zero-order chi connectivity index (χ0) is 13.7. The Kier molecular flexibility index (Phi) is 5.91. The fraction of sp³-hybridized carbons (Fsp3) is 0.500. The summed E-state index contributed by atoms with van der Waals surface area (Å²) in [6, 6.07) is 6.37. The van der Waals surface area contributed by atoms with E-state index < -0.39 is 0 Å². The lowest BCUT2D eigenvalue weighted by Gasteiger charge is -2.18. The molecular formula is C14H21IN2O. The first-order valence-corrected chi connectivity index (χ1v) is 7.27. The lowest BCUT2D eigenvalue weighted by Crippen LogP contribution is -2.39. The summed E-state index contributed by atoms with van der Waals surface area (Å²) in [7, 11) is 0. The molecule has 0 heterocycles. The molecule has 0 spiro atoms. The maximum Gasteiger partial charge on any atom is 0.239 e. The molecule has 0 saturated heterocycles. The maximum atomic E-state index is 11.8. The largest absolute Gasteiger partial charge is 0.376 e. The van der Waals surface area contributed by atoms with Crippen LogP contribution in [0.2, 0.25) is 0 Å². The number of benzene rings is 1. The van der Waals surface area contributed by atoms with Crippen LogP contribution in [0, 0.1) is 16.4 Å². The molecule has 2 N–H and O–H groups in total. The van der Waals surface area contributed by atoms with Gasteiger partial charge in [0, 0.05) is 15.3 Å². The van der Waals surface area contributed by atoms with Crippen LogP contribution in [-0.4, -0.2) is 18.5 Å². The third-order valence-corrected chi connectivity index (χ3v) is 3.70. The van der Waals surface area contributed by atoms with E-state index in [2.05, 4.69) is 65.3 Å². The highest BCUT2D eigenvalue weighted by atomic mass is 127. The number of carbonyl (C=O) groups is 1. The van der Waals surface area contributed by atoms with Crippen LogP contribution in [0.5, 0.6) is 0 Å². The minimum absolute atomic E-state index is 0.0365. The second kappa shape index (κ2) is 6.97. The van der Waals surface area contributed by atoms with Crippen molar-refractivity contribution in [3.63, 3.8) is 0 Å². The molecule has 1 unspecified atom stereocenters. The Balaban J connectivity index is 2.50. The molecule has 0 bridgehead atoms. The first-order valence-electron chi connectivity index (χ1n) is 6.19. The summed E-state index contributed by atoms with van der Waals surface area (Å²) in [5.74, 6) is 0.489. The van der Waals surface area contributed by atoms with E-state index in [1.165, 1.54) is 0 Å². The molecule has 0 aromatic heterocycles. The van der Waals surface area contributed by atoms with Crippen LogP contribution < -0.4 is 10.6 Å². The first kappa shape index (κ1) is 15.3. The predicted molar refractivity (Wildman–Crippen MR) is 84.8 cm³/mol. The van der Waals surface area contributed by atoms with E-state index in [0.29, 0.717) is 12.5 Å². The Morgan fingerprint density at radius 2 is 2.00 bits per heavy atom. The zero-order valence-electron chi connectivity index (χ0n) is 11.4. The molecule has 100 valence electrons. The van der Waals surface area contributed by atoms with Crippen molar-refractivity contribution >= 4 is 34.2 Å². The normalized spacial score (nSPS) is 12.3. The summed E-state index contributed by atoms with van der Waals surface area (Å²) in [5, 5.41) is 6.16. The van der Waals surface area contributed by atoms with Crippen LogP contribution in [0.4, 0.5) is 5.69 Å². The van der Waals surface area contributed by atoms with E-state index in [0.717, 1.165) is 14.8 Å². The third kappa shape index (κ3) is 4.84. The van der Waals surface area contributed by atoms with E-state index >= 15 is 0 Å². The third-order valence-electron chi connectivity index (χ3n) is 3.03. The molecule has 18 heavy (non-hydrogen) atoms. The first-order chi connectivity index (χ1) is 8.40. The Bertz CT molecular complexity index is 418. The van der Waals surface area contributed by atoms with Crippen molar-refractivity contribution in [2.75, 3.05) is 11.9 Å². The molecule has 0 fully saturated rings. The Labute approximate surface area is 123 Å². The van der Waals surface area contributed by atoms with Gasteiger partial charge in [-0.2, -0.15) is 0 Å². The number of anilines is 1. The molecule has 0 aliphatic heterocycles. The molecule has 0 radical (unpaired) electrons. The molecule has 3 nitrogen and oxygen atoms in total. The molecule has 1 atom stereocenters. The summed E-state index contributed by atoms with van der Waals surface area (Å²) < 4.78 is 1.16. The summed E-state index contributed by atoms with van der Waals surface area (Å²) >= 11 is 2.27. The van der Waals surface area contributed by atoms with Crippen molar-refractivity contribution in [2.45, 2.75) is 33.7 Å². The number of rotatable bonds is 5. The SMILES string of the molecule is Cc1ccc(I)cc1NCC(=O)NC(C)C(C)C. The van der Waals surface area contributed by atoms with Crippen molar-refractivity contribution in [3.05, 3.63) is 27.3 Å². The van der Waals surface area contributed by atoms with Crippen LogP contribution in [0.15, 0.2) is 18.2 Å². The molecule has 0 aliphatic rings. The quantitative estimate of drug-likeness (QED) is 0.792. The summed E-state index contributed by atoms with van der Waals surface area (Å²) in [6.45, 7) is 8.58. The van der Waals surface area contributed by atoms with E-state index in [1.807, 2.05) is 13.8 Å². The lowest BCUT2D eigenvalue weighted by atomic mass is 10.1. The van der Waals surface area contributed by atoms with Crippen molar-refractivity contribution in [2.24, 2.45) is 5.92 Å². The Morgan fingerprint density at radius 3 is 2.61 bits per heavy atom. The van der Waals surface area contributed by atoms with Gasteiger partial charge >= 0.3 is 0 Å². The number of nitrogens with one attached hydrogen (secondary N) is 2. The highest BCUT2D eigenvalue weighted by Crippen LogP contribution is 2.17. The molecule has 0 saturated carbocycles. The van der Waals surface area contributed by atoms with Gasteiger partial charge in [0.2, 0.25) is 5.91 Å². The van der Waals surface area contributed by atoms with Crippen molar-refractivity contribution in [1.82, 2.24) is 5.32 Å². The summed E-state index contributed by atoms with van der Waals surface area (Å²) in [6.07, 6.45) is 0. The highest BCUT2D eigenvalue weighted by Gasteiger charge is 2.10. The zero-order valence-corrected chi connectivity index (χ0v) is 13.5. The van der Waals surface area contributed by atoms with Gasteiger partial charge in [0.05, 0.1) is 6.54 Å². The van der Waals surface area contributed by atoms with Crippen molar-refractivity contribution in [1.29, 1.82) is 0 Å². The number of carbonyl (C=O) groups excluding carboxylic acids is 1. The number of halogens is 1. The van der Waals surface area contributed by atoms with Gasteiger partial charge in [-0.15, -0.1) is 0 Å². The number of hydrogen-bond acceptors (Lipinski definition) is 2. The smallest absolute Gasteiger partial charge is 0.239 e. The lowest BCUT2D eigenvalue weighted by molar-refractivity contribution is -0.120. The molecule has 1 aromatic rings. The maximum absolute atomic E-state index is 11.8. The van der Waals surface area contributed by atoms with Crippen LogP contribution in [0.1, 0.15) is 26.3 Å². The van der Waals surface area contributed by atoms with Gasteiger partial charge in [-0.3, -0.25) is 4.79 Å². The van der Waals surface area contributed by atoms with E-state index in [1.54, 1.807) is 0 Å². The topological polar surface area (TPSA) is 41.1 Å². The molecule has 1 amide bonds. The standard InChI is InChI=1S/C14H21IN2O/c1-9(2)11(4)17-14(18)8-16-13-7-12(15)6-5-10(13)3/h5-7,9,11,16H,8H2,1-4H3,(H,17,18). The fourth-order valence-electron chi connectivity index (χ4n) is 1.43. The average molecular weight is 360 g/mol. The van der Waals surface area contributed by atoms with Gasteiger partial charge in [-0.1, -0.05) is 19.9 Å². The van der Waals surface area contributed by atoms with Gasteiger partial charge in [-0.05, 0) is 60.1 Å². The van der Waals surface area contributed by atoms with E-state index in [-0.39, 0.29) is 11.9 Å². The van der Waals surface area contributed by atoms with Gasteiger partial charge in [-0.25, -0.2) is 0 Å². The average Bonchev–Trinajstić information content (AvgIpc) is 2.30. The molecular weight excluding hydrogens is 339 g/mol. The fourth-order valence-corrected chi connectivity index (χ4v) is 1.92. The van der Waals surface area contributed by atoms with Gasteiger partial charge in [0.1, 0.15) is 0 Å². The second-order valence-electron chi connectivity index (χ2n) is 4.91. The summed E-state index contributed by atoms with van der Waals surface area (Å²) in [5.41, 5.74) is 2.18. The Morgan fingerprint density at radius 1 is 1.33 bits per heavy atom. The molecule has 1 aromatic carbocycles. The van der Waals surface area contributed by atoms with Crippen LogP contribution >= 0.6 is 22.6 Å². The number of aryl methyl sites for hydroxylation is 1. The molecule has 0 aliphatic carbocycles. The monoisotopic (exact) mass is 360 g/mol. The van der Waals surface area contributed by atoms with E-state index in [4.69, 9.17) is 0 Å². The van der Waals surface area contributed by atoms with Crippen molar-refractivity contribution < 1.29 is 4.79 Å². The highest BCUT2D eigenvalue weighted by molar-refractivity contribution is 14.1. The van der Waals surface area contributed by atoms with Crippen molar-refractivity contribution in [3.8, 4) is 0 Å². The summed E-state index contributed by atoms with van der Waals surface area (Å²) in [4.78, 5) is 11.8. The minimum Gasteiger partial charge on any atom is -0.376 e. The van der Waals surface area contributed by atoms with Crippen LogP contribution in [0.25, 0.3) is 0 Å². The predicted octanol–water partition coefficient (Wildman–Crippen LogP) is 3.17. The Hall–Kier alpha value is -0.780. The van der Waals surface area contributed by atoms with Gasteiger partial charge < -0.3 is 10.6 Å². The number of hydrogen-bond donors (Lipinski definition) is 2. The second-order valence-corrected chi connectivity index (χ2v) is 6.16. The molecule has 1 rings (SSSR count). The van der Waals surface area contributed by atoms with Gasteiger partial charge in [0.15, 0.2) is 0 Å². The number of amides is 1. The van der Waals surface area contributed by atoms with Crippen LogP contribution in [-0.2, 0) is 4.79 Å². The minimum atomic E-state index is 0.0365. The van der Waals surface area contributed by atoms with E-state index in [9.17, 15) is 4.79 Å². The van der Waals surface area contributed by atoms with Gasteiger partial charge in [0.25, 0.3) is 0 Å².